The molecule has 3 N–H and O–H groups in total. The minimum Gasteiger partial charge on any atom is -0.459 e. The normalized spacial score (nSPS) is 22.5. The Bertz CT molecular complexity index is 478. The monoisotopic (exact) mass is 315 g/mol. The van der Waals surface area contributed by atoms with E-state index in [0.717, 1.165) is 6.42 Å². The van der Waals surface area contributed by atoms with Gasteiger partial charge in [-0.1, -0.05) is 0 Å². The zero-order valence-corrected chi connectivity index (χ0v) is 13.1. The minimum absolute atomic E-state index is 0. The fraction of sp³-hybridized carbons (Fsp3) is 0.571. The molecule has 2 rings (SSSR count). The molecule has 21 heavy (non-hydrogen) atoms. The van der Waals surface area contributed by atoms with Crippen LogP contribution in [-0.2, 0) is 4.79 Å². The van der Waals surface area contributed by atoms with Crippen LogP contribution in [0.15, 0.2) is 22.8 Å². The van der Waals surface area contributed by atoms with E-state index in [4.69, 9.17) is 10.2 Å². The lowest BCUT2D eigenvalue weighted by Crippen LogP contribution is -2.48. The number of carbonyl (C=O) groups is 2. The van der Waals surface area contributed by atoms with Crippen LogP contribution < -0.4 is 11.1 Å². The number of amides is 2. The lowest BCUT2D eigenvalue weighted by Gasteiger charge is -2.25. The van der Waals surface area contributed by atoms with Gasteiger partial charge in [0.1, 0.15) is 6.04 Å². The first kappa shape index (κ1) is 17.5. The Balaban J connectivity index is 0.00000220. The summed E-state index contributed by atoms with van der Waals surface area (Å²) in [5.41, 5.74) is 5.66. The number of hydrogen-bond acceptors (Lipinski definition) is 4. The molecule has 1 aromatic heterocycles. The first-order chi connectivity index (χ1) is 9.52. The summed E-state index contributed by atoms with van der Waals surface area (Å²) in [4.78, 5) is 26.0. The number of rotatable bonds is 4. The molecule has 0 aromatic carbocycles. The predicted octanol–water partition coefficient (Wildman–Crippen LogP) is 1.02. The smallest absolute Gasteiger partial charge is 0.287 e. The number of nitrogens with two attached hydrogens (primary N) is 1. The van der Waals surface area contributed by atoms with Gasteiger partial charge in [-0.15, -0.1) is 12.4 Å². The molecule has 0 aliphatic carbocycles. The number of nitrogens with one attached hydrogen (secondary N) is 1. The summed E-state index contributed by atoms with van der Waals surface area (Å²) in [6, 6.07) is 2.79. The van der Waals surface area contributed by atoms with Gasteiger partial charge in [-0.2, -0.15) is 0 Å². The number of carbonyl (C=O) groups excluding carboxylic acids is 2. The molecule has 1 aliphatic rings. The van der Waals surface area contributed by atoms with Gasteiger partial charge in [0.25, 0.3) is 5.91 Å². The third-order valence-corrected chi connectivity index (χ3v) is 3.74. The largest absolute Gasteiger partial charge is 0.459 e. The molecule has 1 aromatic rings. The second-order valence-electron chi connectivity index (χ2n) is 5.35. The van der Waals surface area contributed by atoms with Crippen LogP contribution in [0.1, 0.15) is 30.8 Å². The first-order valence-corrected chi connectivity index (χ1v) is 6.87. The molecular formula is C14H22ClN3O3. The molecule has 2 amide bonds. The van der Waals surface area contributed by atoms with E-state index in [0.29, 0.717) is 19.0 Å². The molecule has 3 atom stereocenters. The fourth-order valence-corrected chi connectivity index (χ4v) is 2.61. The van der Waals surface area contributed by atoms with Gasteiger partial charge in [0.2, 0.25) is 5.91 Å². The molecule has 3 unspecified atom stereocenters. The molecule has 1 saturated heterocycles. The Morgan fingerprint density at radius 3 is 2.81 bits per heavy atom. The van der Waals surface area contributed by atoms with Crippen LogP contribution in [0.2, 0.25) is 0 Å². The topological polar surface area (TPSA) is 88.6 Å². The molecule has 1 aliphatic heterocycles. The standard InChI is InChI=1S/C14H21N3O3.ClH/c1-9-6-11(7-15)8-17(9)14(19)10(2)16-13(18)12-4-3-5-20-12;/h3-5,9-11H,6-8,15H2,1-2H3,(H,16,18);1H. The predicted molar refractivity (Wildman–Crippen MR) is 81.2 cm³/mol. The summed E-state index contributed by atoms with van der Waals surface area (Å²) >= 11 is 0. The van der Waals surface area contributed by atoms with Crippen LogP contribution in [0.5, 0.6) is 0 Å². The van der Waals surface area contributed by atoms with Gasteiger partial charge < -0.3 is 20.4 Å². The highest BCUT2D eigenvalue weighted by atomic mass is 35.5. The van der Waals surface area contributed by atoms with Gasteiger partial charge >= 0.3 is 0 Å². The zero-order valence-electron chi connectivity index (χ0n) is 12.2. The Labute approximate surface area is 130 Å². The highest BCUT2D eigenvalue weighted by molar-refractivity contribution is 5.95. The average molecular weight is 316 g/mol. The maximum absolute atomic E-state index is 12.4. The maximum Gasteiger partial charge on any atom is 0.287 e. The zero-order chi connectivity index (χ0) is 14.7. The Morgan fingerprint density at radius 2 is 2.29 bits per heavy atom. The quantitative estimate of drug-likeness (QED) is 0.868. The SMILES string of the molecule is CC(NC(=O)c1ccco1)C(=O)N1CC(CN)CC1C.Cl. The Morgan fingerprint density at radius 1 is 1.57 bits per heavy atom. The summed E-state index contributed by atoms with van der Waals surface area (Å²) in [7, 11) is 0. The first-order valence-electron chi connectivity index (χ1n) is 6.87. The molecule has 0 saturated carbocycles. The van der Waals surface area contributed by atoms with E-state index >= 15 is 0 Å². The summed E-state index contributed by atoms with van der Waals surface area (Å²) < 4.78 is 5.00. The molecule has 0 radical (unpaired) electrons. The van der Waals surface area contributed by atoms with Gasteiger partial charge in [0.15, 0.2) is 5.76 Å². The van der Waals surface area contributed by atoms with Gasteiger partial charge in [-0.05, 0) is 44.9 Å². The van der Waals surface area contributed by atoms with Crippen LogP contribution in [-0.4, -0.2) is 41.9 Å². The van der Waals surface area contributed by atoms with Crippen molar-refractivity contribution in [3.8, 4) is 0 Å². The van der Waals surface area contributed by atoms with Crippen molar-refractivity contribution in [2.45, 2.75) is 32.4 Å². The third kappa shape index (κ3) is 3.98. The van der Waals surface area contributed by atoms with E-state index < -0.39 is 6.04 Å². The van der Waals surface area contributed by atoms with E-state index in [-0.39, 0.29) is 36.0 Å². The van der Waals surface area contributed by atoms with Crippen LogP contribution >= 0.6 is 12.4 Å². The number of halogens is 1. The molecule has 6 nitrogen and oxygen atoms in total. The molecular weight excluding hydrogens is 294 g/mol. The summed E-state index contributed by atoms with van der Waals surface area (Å²) in [6.07, 6.45) is 2.34. The molecule has 0 bridgehead atoms. The average Bonchev–Trinajstić information content (AvgIpc) is 3.06. The minimum atomic E-state index is -0.577. The summed E-state index contributed by atoms with van der Waals surface area (Å²) in [5.74, 6) is 0.104. The van der Waals surface area contributed by atoms with E-state index in [1.54, 1.807) is 24.0 Å². The van der Waals surface area contributed by atoms with E-state index in [1.165, 1.54) is 6.26 Å². The van der Waals surface area contributed by atoms with Gasteiger partial charge in [-0.25, -0.2) is 0 Å². The summed E-state index contributed by atoms with van der Waals surface area (Å²) in [5, 5.41) is 2.66. The number of nitrogens with zero attached hydrogens (tertiary/aromatic N) is 1. The number of hydrogen-bond donors (Lipinski definition) is 2. The van der Waals surface area contributed by atoms with Crippen molar-refractivity contribution in [2.75, 3.05) is 13.1 Å². The second-order valence-corrected chi connectivity index (χ2v) is 5.35. The molecule has 7 heteroatoms. The van der Waals surface area contributed by atoms with Crippen molar-refractivity contribution in [2.24, 2.45) is 11.7 Å². The van der Waals surface area contributed by atoms with Crippen molar-refractivity contribution >= 4 is 24.2 Å². The van der Waals surface area contributed by atoms with Crippen molar-refractivity contribution in [1.82, 2.24) is 10.2 Å². The van der Waals surface area contributed by atoms with E-state index in [1.807, 2.05) is 6.92 Å². The molecule has 0 spiro atoms. The third-order valence-electron chi connectivity index (χ3n) is 3.74. The molecule has 118 valence electrons. The van der Waals surface area contributed by atoms with Crippen LogP contribution in [0.4, 0.5) is 0 Å². The van der Waals surface area contributed by atoms with Crippen molar-refractivity contribution in [3.05, 3.63) is 24.2 Å². The summed E-state index contributed by atoms with van der Waals surface area (Å²) in [6.45, 7) is 4.94. The maximum atomic E-state index is 12.4. The second kappa shape index (κ2) is 7.47. The van der Waals surface area contributed by atoms with Crippen LogP contribution in [0.3, 0.4) is 0 Å². The lowest BCUT2D eigenvalue weighted by molar-refractivity contribution is -0.133. The highest BCUT2D eigenvalue weighted by Gasteiger charge is 2.34. The fourth-order valence-electron chi connectivity index (χ4n) is 2.61. The van der Waals surface area contributed by atoms with Crippen molar-refractivity contribution < 1.29 is 14.0 Å². The Hall–Kier alpha value is -1.53. The van der Waals surface area contributed by atoms with Gasteiger partial charge in [0.05, 0.1) is 6.26 Å². The van der Waals surface area contributed by atoms with Crippen molar-refractivity contribution in [3.63, 3.8) is 0 Å². The van der Waals surface area contributed by atoms with E-state index in [2.05, 4.69) is 5.32 Å². The molecule has 2 heterocycles. The lowest BCUT2D eigenvalue weighted by atomic mass is 10.1. The number of likely N-dealkylation sites (tertiary alicyclic amines) is 1. The van der Waals surface area contributed by atoms with Gasteiger partial charge in [-0.3, -0.25) is 9.59 Å². The molecule has 1 fully saturated rings. The Kier molecular flexibility index (Phi) is 6.23. The highest BCUT2D eigenvalue weighted by Crippen LogP contribution is 2.22. The van der Waals surface area contributed by atoms with Crippen molar-refractivity contribution in [1.29, 1.82) is 0 Å². The van der Waals surface area contributed by atoms with Crippen LogP contribution in [0, 0.1) is 5.92 Å². The number of furan rings is 1. The van der Waals surface area contributed by atoms with Gasteiger partial charge in [0, 0.05) is 12.6 Å². The van der Waals surface area contributed by atoms with E-state index in [9.17, 15) is 9.59 Å². The van der Waals surface area contributed by atoms with Crippen LogP contribution in [0.25, 0.3) is 0 Å².